The Kier molecular flexibility index (Phi) is 10.6. The third-order valence-electron chi connectivity index (χ3n) is 4.43. The molecule has 0 fully saturated rings. The fraction of sp³-hybridized carbons (Fsp3) is 0.500. The maximum Gasteiger partial charge on any atom is 0.328 e. The number of nitrogens with one attached hydrogen (secondary N) is 4. The summed E-state index contributed by atoms with van der Waals surface area (Å²) in [6.07, 6.45) is -0.421. The summed E-state index contributed by atoms with van der Waals surface area (Å²) >= 11 is 0. The number of aliphatic hydroxyl groups is 1. The monoisotopic (exact) mass is 485 g/mol. The van der Waals surface area contributed by atoms with E-state index in [1.165, 1.54) is 12.5 Å². The quantitative estimate of drug-likeness (QED) is 0.121. The molecule has 0 aliphatic carbocycles. The first-order valence-corrected chi connectivity index (χ1v) is 9.86. The number of nitrogens with zero attached hydrogens (tertiary/aromatic N) is 1. The Balaban J connectivity index is 2.96. The van der Waals surface area contributed by atoms with E-state index in [0.717, 1.165) is 6.92 Å². The molecule has 1 aromatic heterocycles. The number of carbonyl (C=O) groups excluding carboxylic acids is 4. The molecule has 0 aliphatic rings. The van der Waals surface area contributed by atoms with Crippen LogP contribution in [0.4, 0.5) is 0 Å². The molecule has 1 aromatic rings. The highest BCUT2D eigenvalue weighted by Gasteiger charge is 2.33. The van der Waals surface area contributed by atoms with Gasteiger partial charge in [-0.2, -0.15) is 0 Å². The summed E-state index contributed by atoms with van der Waals surface area (Å²) in [7, 11) is 0. The van der Waals surface area contributed by atoms with Crippen molar-refractivity contribution in [2.75, 3.05) is 0 Å². The average molecular weight is 485 g/mol. The van der Waals surface area contributed by atoms with Gasteiger partial charge in [0.15, 0.2) is 6.04 Å². The highest BCUT2D eigenvalue weighted by Crippen LogP contribution is 2.03. The molecule has 1 heterocycles. The smallest absolute Gasteiger partial charge is 0.328 e. The predicted octanol–water partition coefficient (Wildman–Crippen LogP) is -4.45. The molecule has 0 spiro atoms. The summed E-state index contributed by atoms with van der Waals surface area (Å²) in [4.78, 5) is 77.7. The van der Waals surface area contributed by atoms with E-state index < -0.39 is 78.7 Å². The number of primary amides is 1. The van der Waals surface area contributed by atoms with E-state index in [1.54, 1.807) is 0 Å². The number of imidazole rings is 1. The number of hydrogen-bond donors (Lipinski definition) is 9. The van der Waals surface area contributed by atoms with Gasteiger partial charge in [0.25, 0.3) is 0 Å². The Hall–Kier alpha value is -4.05. The van der Waals surface area contributed by atoms with Gasteiger partial charge in [-0.25, -0.2) is 9.78 Å². The first-order valence-electron chi connectivity index (χ1n) is 9.86. The first kappa shape index (κ1) is 28.0. The highest BCUT2D eigenvalue weighted by atomic mass is 16.4. The molecule has 0 aliphatic heterocycles. The van der Waals surface area contributed by atoms with Crippen LogP contribution in [0.5, 0.6) is 0 Å². The predicted molar refractivity (Wildman–Crippen MR) is 111 cm³/mol. The molecule has 5 unspecified atom stereocenters. The molecule has 34 heavy (non-hydrogen) atoms. The summed E-state index contributed by atoms with van der Waals surface area (Å²) in [6, 6.07) is -6.38. The zero-order chi connectivity index (χ0) is 26.0. The number of rotatable bonds is 14. The number of aliphatic hydroxyl groups excluding tert-OH is 1. The van der Waals surface area contributed by atoms with Crippen molar-refractivity contribution in [2.24, 2.45) is 11.5 Å². The van der Waals surface area contributed by atoms with Gasteiger partial charge in [-0.05, 0) is 6.92 Å². The van der Waals surface area contributed by atoms with Crippen molar-refractivity contribution in [1.29, 1.82) is 0 Å². The maximum atomic E-state index is 12.7. The number of hydrogen-bond acceptors (Lipinski definition) is 9. The fourth-order valence-electron chi connectivity index (χ4n) is 2.71. The minimum atomic E-state index is -1.81. The minimum absolute atomic E-state index is 0.0106. The number of H-pyrrole nitrogens is 1. The number of carboxylic acid groups (broad SMARTS) is 2. The Morgan fingerprint density at radius 2 is 1.56 bits per heavy atom. The lowest BCUT2D eigenvalue weighted by Gasteiger charge is -2.24. The van der Waals surface area contributed by atoms with E-state index in [9.17, 15) is 33.9 Å². The number of amides is 4. The maximum absolute atomic E-state index is 12.7. The van der Waals surface area contributed by atoms with Crippen LogP contribution in [0.2, 0.25) is 0 Å². The number of aromatic amines is 1. The standard InChI is InChI=1S/C18H27N7O9/c1-7(26)14(18(33)34)25-17(32)11(4-13(28)29)24-16(31)10(3-12(20)27)23-15(30)9(19)2-8-5-21-6-22-8/h5-7,9-11,14,26H,2-4,19H2,1H3,(H2,20,27)(H,21,22)(H,23,30)(H,24,31)(H,25,32)(H,28,29)(H,33,34). The zero-order valence-corrected chi connectivity index (χ0v) is 18.1. The Bertz CT molecular complexity index is 904. The van der Waals surface area contributed by atoms with E-state index in [2.05, 4.69) is 15.3 Å². The molecule has 0 saturated carbocycles. The molecule has 16 heteroatoms. The van der Waals surface area contributed by atoms with Gasteiger partial charge in [-0.3, -0.25) is 24.0 Å². The largest absolute Gasteiger partial charge is 0.481 e. The van der Waals surface area contributed by atoms with Crippen molar-refractivity contribution >= 4 is 35.6 Å². The SMILES string of the molecule is CC(O)C(NC(=O)C(CC(=O)O)NC(=O)C(CC(N)=O)NC(=O)C(N)Cc1cnc[nH]1)C(=O)O. The zero-order valence-electron chi connectivity index (χ0n) is 18.1. The van der Waals surface area contributed by atoms with Crippen molar-refractivity contribution in [3.8, 4) is 0 Å². The topological polar surface area (TPSA) is 280 Å². The van der Waals surface area contributed by atoms with Crippen molar-refractivity contribution in [3.05, 3.63) is 18.2 Å². The van der Waals surface area contributed by atoms with Gasteiger partial charge in [0.2, 0.25) is 23.6 Å². The van der Waals surface area contributed by atoms with Gasteiger partial charge < -0.3 is 47.7 Å². The summed E-state index contributed by atoms with van der Waals surface area (Å²) < 4.78 is 0. The molecule has 16 nitrogen and oxygen atoms in total. The number of aromatic nitrogens is 2. The molecular weight excluding hydrogens is 458 g/mol. The number of carboxylic acids is 2. The summed E-state index contributed by atoms with van der Waals surface area (Å²) in [6.45, 7) is 1.08. The van der Waals surface area contributed by atoms with Crippen molar-refractivity contribution in [1.82, 2.24) is 25.9 Å². The molecule has 4 amide bonds. The summed E-state index contributed by atoms with van der Waals surface area (Å²) in [5.41, 5.74) is 11.4. The average Bonchev–Trinajstić information content (AvgIpc) is 3.22. The van der Waals surface area contributed by atoms with Crippen LogP contribution in [0.15, 0.2) is 12.5 Å². The van der Waals surface area contributed by atoms with Gasteiger partial charge in [-0.15, -0.1) is 0 Å². The second-order valence-electron chi connectivity index (χ2n) is 7.34. The Morgan fingerprint density at radius 3 is 2.03 bits per heavy atom. The summed E-state index contributed by atoms with van der Waals surface area (Å²) in [5.74, 6) is -7.36. The van der Waals surface area contributed by atoms with Crippen LogP contribution in [0.3, 0.4) is 0 Å². The van der Waals surface area contributed by atoms with E-state index >= 15 is 0 Å². The molecule has 5 atom stereocenters. The second kappa shape index (κ2) is 12.9. The molecule has 0 aromatic carbocycles. The van der Waals surface area contributed by atoms with Crippen LogP contribution in [0.25, 0.3) is 0 Å². The van der Waals surface area contributed by atoms with Crippen LogP contribution in [0.1, 0.15) is 25.5 Å². The van der Waals surface area contributed by atoms with Gasteiger partial charge in [0.05, 0.1) is 31.3 Å². The molecule has 0 bridgehead atoms. The van der Waals surface area contributed by atoms with Crippen LogP contribution in [-0.4, -0.2) is 91.1 Å². The first-order chi connectivity index (χ1) is 15.8. The fourth-order valence-corrected chi connectivity index (χ4v) is 2.71. The molecule has 1 rings (SSSR count). The van der Waals surface area contributed by atoms with Crippen molar-refractivity contribution in [2.45, 2.75) is 56.5 Å². The van der Waals surface area contributed by atoms with E-state index in [4.69, 9.17) is 21.7 Å². The van der Waals surface area contributed by atoms with Gasteiger partial charge >= 0.3 is 11.9 Å². The number of carbonyl (C=O) groups is 6. The van der Waals surface area contributed by atoms with Crippen molar-refractivity contribution in [3.63, 3.8) is 0 Å². The van der Waals surface area contributed by atoms with Gasteiger partial charge in [-0.1, -0.05) is 0 Å². The van der Waals surface area contributed by atoms with Crippen LogP contribution in [-0.2, 0) is 35.2 Å². The lowest BCUT2D eigenvalue weighted by Crippen LogP contribution is -2.59. The van der Waals surface area contributed by atoms with E-state index in [-0.39, 0.29) is 6.42 Å². The third-order valence-corrected chi connectivity index (χ3v) is 4.43. The lowest BCUT2D eigenvalue weighted by molar-refractivity contribution is -0.146. The van der Waals surface area contributed by atoms with Crippen molar-refractivity contribution < 1.29 is 44.1 Å². The Labute approximate surface area is 192 Å². The van der Waals surface area contributed by atoms with Crippen LogP contribution >= 0.6 is 0 Å². The Morgan fingerprint density at radius 1 is 1.00 bits per heavy atom. The van der Waals surface area contributed by atoms with E-state index in [0.29, 0.717) is 5.69 Å². The van der Waals surface area contributed by atoms with Gasteiger partial charge in [0.1, 0.15) is 12.1 Å². The highest BCUT2D eigenvalue weighted by molar-refractivity contribution is 5.97. The second-order valence-corrected chi connectivity index (χ2v) is 7.34. The normalized spacial score (nSPS) is 15.1. The molecule has 0 radical (unpaired) electrons. The van der Waals surface area contributed by atoms with E-state index in [1.807, 2.05) is 10.6 Å². The van der Waals surface area contributed by atoms with Gasteiger partial charge in [0, 0.05) is 18.3 Å². The minimum Gasteiger partial charge on any atom is -0.481 e. The van der Waals surface area contributed by atoms with Crippen LogP contribution in [0, 0.1) is 0 Å². The molecule has 11 N–H and O–H groups in total. The molecule has 188 valence electrons. The molecule has 0 saturated heterocycles. The summed E-state index contributed by atoms with van der Waals surface area (Å²) in [5, 5.41) is 33.8. The number of aliphatic carboxylic acids is 2. The van der Waals surface area contributed by atoms with Crippen LogP contribution < -0.4 is 27.4 Å². The lowest BCUT2D eigenvalue weighted by atomic mass is 10.1. The third kappa shape index (κ3) is 9.21. The molecular formula is C18H27N7O9. The number of nitrogens with two attached hydrogens (primary N) is 2.